The Balaban J connectivity index is 2.11. The van der Waals surface area contributed by atoms with Crippen LogP contribution in [-0.4, -0.2) is 39.9 Å². The van der Waals surface area contributed by atoms with Gasteiger partial charge in [-0.3, -0.25) is 9.89 Å². The molecule has 18 heavy (non-hydrogen) atoms. The highest BCUT2D eigenvalue weighted by molar-refractivity contribution is 9.10. The van der Waals surface area contributed by atoms with Crippen LogP contribution in [-0.2, 0) is 4.79 Å². The van der Waals surface area contributed by atoms with Gasteiger partial charge in [-0.25, -0.2) is 9.18 Å². The fourth-order valence-electron chi connectivity index (χ4n) is 1.53. The second kappa shape index (κ2) is 5.05. The summed E-state index contributed by atoms with van der Waals surface area (Å²) in [5.41, 5.74) is 0.879. The number of nitrogens with zero attached hydrogens (tertiary/aromatic N) is 1. The maximum absolute atomic E-state index is 12.4. The Hall–Kier alpha value is -1.44. The largest absolute Gasteiger partial charge is 0.480 e. The van der Waals surface area contributed by atoms with Gasteiger partial charge in [0.2, 0.25) is 0 Å². The van der Waals surface area contributed by atoms with Crippen LogP contribution in [0.1, 0.15) is 34.9 Å². The lowest BCUT2D eigenvalue weighted by Crippen LogP contribution is -2.42. The number of hydrogen-bond donors (Lipinski definition) is 3. The molecule has 1 aromatic rings. The molecule has 1 atom stereocenters. The van der Waals surface area contributed by atoms with Gasteiger partial charge in [-0.2, -0.15) is 5.10 Å². The summed E-state index contributed by atoms with van der Waals surface area (Å²) in [7, 11) is 0. The van der Waals surface area contributed by atoms with Crippen molar-refractivity contribution in [1.29, 1.82) is 0 Å². The Morgan fingerprint density at radius 3 is 2.78 bits per heavy atom. The van der Waals surface area contributed by atoms with E-state index in [-0.39, 0.29) is 5.69 Å². The lowest BCUT2D eigenvalue weighted by atomic mass is 10.2. The van der Waals surface area contributed by atoms with Gasteiger partial charge in [0.05, 0.1) is 10.2 Å². The minimum atomic E-state index is -1.55. The first-order valence-electron chi connectivity index (χ1n) is 5.38. The lowest BCUT2D eigenvalue weighted by molar-refractivity contribution is -0.139. The van der Waals surface area contributed by atoms with E-state index in [1.165, 1.54) is 0 Å². The smallest absolute Gasteiger partial charge is 0.328 e. The Morgan fingerprint density at radius 1 is 1.61 bits per heavy atom. The number of halogens is 2. The number of amides is 1. The third-order valence-electron chi connectivity index (χ3n) is 2.69. The third kappa shape index (κ3) is 2.53. The number of aromatic amines is 1. The Labute approximate surface area is 110 Å². The van der Waals surface area contributed by atoms with Gasteiger partial charge in [-0.1, -0.05) is 0 Å². The molecule has 1 saturated carbocycles. The number of aliphatic carboxylic acids is 1. The number of carbonyl (C=O) groups excluding carboxylic acids is 1. The number of carboxylic acids is 1. The molecule has 98 valence electrons. The average molecular weight is 320 g/mol. The van der Waals surface area contributed by atoms with Crippen molar-refractivity contribution in [3.63, 3.8) is 0 Å². The molecule has 1 aromatic heterocycles. The zero-order valence-corrected chi connectivity index (χ0v) is 10.8. The summed E-state index contributed by atoms with van der Waals surface area (Å²) < 4.78 is 12.9. The van der Waals surface area contributed by atoms with Crippen LogP contribution in [0.2, 0.25) is 0 Å². The van der Waals surface area contributed by atoms with Crippen LogP contribution in [0.25, 0.3) is 0 Å². The van der Waals surface area contributed by atoms with E-state index in [0.29, 0.717) is 10.4 Å². The van der Waals surface area contributed by atoms with Crippen LogP contribution >= 0.6 is 15.9 Å². The van der Waals surface area contributed by atoms with Crippen LogP contribution in [0.15, 0.2) is 4.47 Å². The molecule has 1 aliphatic carbocycles. The van der Waals surface area contributed by atoms with Gasteiger partial charge in [0.1, 0.15) is 6.67 Å². The molecular weight excluding hydrogens is 309 g/mol. The van der Waals surface area contributed by atoms with E-state index in [9.17, 15) is 14.0 Å². The molecule has 1 unspecified atom stereocenters. The van der Waals surface area contributed by atoms with Crippen LogP contribution in [0.5, 0.6) is 0 Å². The zero-order chi connectivity index (χ0) is 13.3. The number of aromatic nitrogens is 2. The first kappa shape index (κ1) is 13.0. The summed E-state index contributed by atoms with van der Waals surface area (Å²) in [6.07, 6.45) is 2.06. The van der Waals surface area contributed by atoms with Crippen molar-refractivity contribution in [2.75, 3.05) is 6.67 Å². The molecule has 0 aromatic carbocycles. The Morgan fingerprint density at radius 2 is 2.28 bits per heavy atom. The second-order valence-electron chi connectivity index (χ2n) is 4.09. The minimum absolute atomic E-state index is 0.0524. The molecule has 0 aliphatic heterocycles. The van der Waals surface area contributed by atoms with E-state index in [4.69, 9.17) is 5.11 Å². The van der Waals surface area contributed by atoms with Crippen LogP contribution in [0.4, 0.5) is 4.39 Å². The number of alkyl halides is 1. The zero-order valence-electron chi connectivity index (χ0n) is 9.24. The molecule has 1 heterocycles. The van der Waals surface area contributed by atoms with Crippen molar-refractivity contribution in [1.82, 2.24) is 15.5 Å². The third-order valence-corrected chi connectivity index (χ3v) is 3.49. The number of hydrogen-bond acceptors (Lipinski definition) is 3. The molecule has 3 N–H and O–H groups in total. The molecule has 1 aliphatic rings. The summed E-state index contributed by atoms with van der Waals surface area (Å²) >= 11 is 3.25. The summed E-state index contributed by atoms with van der Waals surface area (Å²) in [4.78, 5) is 22.4. The number of H-pyrrole nitrogens is 1. The molecule has 0 bridgehead atoms. The van der Waals surface area contributed by atoms with E-state index in [1.54, 1.807) is 0 Å². The SMILES string of the molecule is O=C(NC(CF)C(=O)O)c1n[nH]c(C2CC2)c1Br. The van der Waals surface area contributed by atoms with Gasteiger partial charge >= 0.3 is 5.97 Å². The van der Waals surface area contributed by atoms with Crippen LogP contribution in [0, 0.1) is 0 Å². The highest BCUT2D eigenvalue weighted by Crippen LogP contribution is 2.42. The number of carboxylic acid groups (broad SMARTS) is 1. The predicted octanol–water partition coefficient (Wildman–Crippen LogP) is 1.20. The minimum Gasteiger partial charge on any atom is -0.480 e. The predicted molar refractivity (Wildman–Crippen MR) is 63.1 cm³/mol. The molecule has 0 spiro atoms. The van der Waals surface area contributed by atoms with Gasteiger partial charge in [0.25, 0.3) is 5.91 Å². The second-order valence-corrected chi connectivity index (χ2v) is 4.89. The van der Waals surface area contributed by atoms with Gasteiger partial charge in [0.15, 0.2) is 11.7 Å². The molecule has 0 radical (unpaired) electrons. The standard InChI is InChI=1S/C10H11BrFN3O3/c11-6-7(4-1-2-4)14-15-8(6)9(16)13-5(3-12)10(17)18/h4-5H,1-3H2,(H,13,16)(H,14,15)(H,17,18). The molecular formula is C10H11BrFN3O3. The van der Waals surface area contributed by atoms with E-state index in [0.717, 1.165) is 18.5 Å². The number of nitrogens with one attached hydrogen (secondary N) is 2. The van der Waals surface area contributed by atoms with Gasteiger partial charge in [-0.15, -0.1) is 0 Å². The molecule has 0 saturated heterocycles. The van der Waals surface area contributed by atoms with Crippen molar-refractivity contribution in [3.05, 3.63) is 15.9 Å². The summed E-state index contributed by atoms with van der Waals surface area (Å²) in [5, 5.41) is 17.3. The van der Waals surface area contributed by atoms with Gasteiger partial charge in [0, 0.05) is 5.92 Å². The van der Waals surface area contributed by atoms with Crippen molar-refractivity contribution < 1.29 is 19.1 Å². The molecule has 2 rings (SSSR count). The Bertz CT molecular complexity index is 487. The van der Waals surface area contributed by atoms with E-state index in [2.05, 4.69) is 31.4 Å². The monoisotopic (exact) mass is 319 g/mol. The molecule has 6 nitrogen and oxygen atoms in total. The highest BCUT2D eigenvalue weighted by atomic mass is 79.9. The first-order chi connectivity index (χ1) is 8.54. The van der Waals surface area contributed by atoms with Crippen LogP contribution in [0.3, 0.4) is 0 Å². The maximum Gasteiger partial charge on any atom is 0.328 e. The normalized spacial score (nSPS) is 16.3. The highest BCUT2D eigenvalue weighted by Gasteiger charge is 2.31. The van der Waals surface area contributed by atoms with E-state index < -0.39 is 24.6 Å². The molecule has 8 heteroatoms. The van der Waals surface area contributed by atoms with E-state index >= 15 is 0 Å². The van der Waals surface area contributed by atoms with Crippen LogP contribution < -0.4 is 5.32 Å². The van der Waals surface area contributed by atoms with Crippen molar-refractivity contribution in [2.45, 2.75) is 24.8 Å². The summed E-state index contributed by atoms with van der Waals surface area (Å²) in [5.74, 6) is -1.76. The quantitative estimate of drug-likeness (QED) is 0.760. The maximum atomic E-state index is 12.4. The average Bonchev–Trinajstić information content (AvgIpc) is 3.09. The number of carbonyl (C=O) groups is 2. The lowest BCUT2D eigenvalue weighted by Gasteiger charge is -2.09. The molecule has 1 amide bonds. The topological polar surface area (TPSA) is 95.1 Å². The van der Waals surface area contributed by atoms with E-state index in [1.807, 2.05) is 0 Å². The fraction of sp³-hybridized carbons (Fsp3) is 0.500. The van der Waals surface area contributed by atoms with Gasteiger partial charge in [-0.05, 0) is 28.8 Å². The van der Waals surface area contributed by atoms with Crippen molar-refractivity contribution in [3.8, 4) is 0 Å². The molecule has 1 fully saturated rings. The first-order valence-corrected chi connectivity index (χ1v) is 6.17. The summed E-state index contributed by atoms with van der Waals surface area (Å²) in [6, 6.07) is -1.55. The number of rotatable bonds is 5. The fourth-order valence-corrected chi connectivity index (χ4v) is 2.21. The van der Waals surface area contributed by atoms with Crippen molar-refractivity contribution in [2.24, 2.45) is 0 Å². The Kier molecular flexibility index (Phi) is 3.65. The van der Waals surface area contributed by atoms with Crippen molar-refractivity contribution >= 4 is 27.8 Å². The summed E-state index contributed by atoms with van der Waals surface area (Å²) in [6.45, 7) is -1.17. The van der Waals surface area contributed by atoms with Gasteiger partial charge < -0.3 is 10.4 Å².